The second kappa shape index (κ2) is 6.88. The molecule has 7 heteroatoms. The van der Waals surface area contributed by atoms with Crippen molar-refractivity contribution in [2.24, 2.45) is 0 Å². The monoisotopic (exact) mass is 291 g/mol. The Bertz CT molecular complexity index is 431. The van der Waals surface area contributed by atoms with Crippen LogP contribution in [-0.2, 0) is 19.4 Å². The summed E-state index contributed by atoms with van der Waals surface area (Å²) in [5.74, 6) is -1.49. The molecule has 0 aliphatic carbocycles. The Labute approximate surface area is 113 Å². The first-order valence-electron chi connectivity index (χ1n) is 6.60. The molecule has 1 saturated heterocycles. The van der Waals surface area contributed by atoms with Gasteiger partial charge in [-0.15, -0.1) is 0 Å². The zero-order valence-corrected chi connectivity index (χ0v) is 11.9. The third-order valence-corrected chi connectivity index (χ3v) is 5.45. The van der Waals surface area contributed by atoms with E-state index in [0.717, 1.165) is 6.42 Å². The first-order valence-corrected chi connectivity index (χ1v) is 8.32. The topological polar surface area (TPSA) is 101 Å². The van der Waals surface area contributed by atoms with E-state index in [1.807, 2.05) is 6.92 Å². The highest BCUT2D eigenvalue weighted by Gasteiger charge is 2.35. The Morgan fingerprint density at radius 3 is 2.58 bits per heavy atom. The molecule has 1 aliphatic rings. The second-order valence-corrected chi connectivity index (χ2v) is 7.25. The van der Waals surface area contributed by atoms with Crippen molar-refractivity contribution in [1.82, 2.24) is 5.32 Å². The van der Waals surface area contributed by atoms with Crippen LogP contribution in [0, 0.1) is 0 Å². The molecule has 0 aromatic rings. The lowest BCUT2D eigenvalue weighted by atomic mass is 10.1. The Morgan fingerprint density at radius 2 is 2.05 bits per heavy atom. The molecule has 6 nitrogen and oxygen atoms in total. The summed E-state index contributed by atoms with van der Waals surface area (Å²) in [6, 6.07) is -0.493. The number of carbonyl (C=O) groups is 2. The number of hydrogen-bond acceptors (Lipinski definition) is 4. The summed E-state index contributed by atoms with van der Waals surface area (Å²) in [5, 5.41) is 10.3. The maximum absolute atomic E-state index is 12.0. The van der Waals surface area contributed by atoms with Gasteiger partial charge in [0.25, 0.3) is 0 Å². The third-order valence-electron chi connectivity index (χ3n) is 3.28. The van der Waals surface area contributed by atoms with E-state index in [4.69, 9.17) is 5.11 Å². The summed E-state index contributed by atoms with van der Waals surface area (Å²) in [6.45, 7) is 1.89. The molecule has 0 spiro atoms. The lowest BCUT2D eigenvalue weighted by molar-refractivity contribution is -0.137. The van der Waals surface area contributed by atoms with Crippen LogP contribution in [0.1, 0.15) is 45.4 Å². The molecule has 0 saturated carbocycles. The lowest BCUT2D eigenvalue weighted by Crippen LogP contribution is -2.47. The van der Waals surface area contributed by atoms with Crippen molar-refractivity contribution in [3.05, 3.63) is 0 Å². The highest BCUT2D eigenvalue weighted by Crippen LogP contribution is 2.20. The Kier molecular flexibility index (Phi) is 5.78. The number of hydrogen-bond donors (Lipinski definition) is 2. The van der Waals surface area contributed by atoms with Crippen LogP contribution >= 0.6 is 0 Å². The number of carboxylic acid groups (broad SMARTS) is 1. The van der Waals surface area contributed by atoms with Gasteiger partial charge in [0.15, 0.2) is 9.84 Å². The van der Waals surface area contributed by atoms with E-state index in [9.17, 15) is 18.0 Å². The van der Waals surface area contributed by atoms with Crippen LogP contribution in [0.4, 0.5) is 0 Å². The highest BCUT2D eigenvalue weighted by atomic mass is 32.2. The Balaban J connectivity index is 2.67. The molecular weight excluding hydrogens is 270 g/mol. The van der Waals surface area contributed by atoms with E-state index < -0.39 is 33.0 Å². The van der Waals surface area contributed by atoms with Gasteiger partial charge in [0, 0.05) is 6.04 Å². The molecular formula is C12H21NO5S. The van der Waals surface area contributed by atoms with Gasteiger partial charge >= 0.3 is 5.97 Å². The number of carboxylic acids is 1. The first kappa shape index (κ1) is 15.9. The van der Waals surface area contributed by atoms with Crippen LogP contribution in [0.15, 0.2) is 0 Å². The van der Waals surface area contributed by atoms with E-state index >= 15 is 0 Å². The minimum absolute atomic E-state index is 0.0441. The molecule has 2 atom stereocenters. The van der Waals surface area contributed by atoms with Crippen molar-refractivity contribution in [2.75, 3.05) is 5.75 Å². The minimum atomic E-state index is -3.37. The number of rotatable bonds is 6. The summed E-state index contributed by atoms with van der Waals surface area (Å²) >= 11 is 0. The smallest absolute Gasteiger partial charge is 0.305 e. The van der Waals surface area contributed by atoms with Crippen molar-refractivity contribution in [2.45, 2.75) is 56.7 Å². The Morgan fingerprint density at radius 1 is 1.37 bits per heavy atom. The van der Waals surface area contributed by atoms with Crippen molar-refractivity contribution in [3.8, 4) is 0 Å². The molecule has 19 heavy (non-hydrogen) atoms. The van der Waals surface area contributed by atoms with Gasteiger partial charge in [-0.1, -0.05) is 19.8 Å². The van der Waals surface area contributed by atoms with Gasteiger partial charge in [0.05, 0.1) is 12.2 Å². The number of nitrogens with one attached hydrogen (secondary N) is 1. The molecule has 110 valence electrons. The lowest BCUT2D eigenvalue weighted by Gasteiger charge is -2.24. The highest BCUT2D eigenvalue weighted by molar-refractivity contribution is 7.92. The molecule has 2 unspecified atom stereocenters. The zero-order chi connectivity index (χ0) is 14.5. The quantitative estimate of drug-likeness (QED) is 0.750. The molecule has 1 fully saturated rings. The van der Waals surface area contributed by atoms with Gasteiger partial charge in [0.1, 0.15) is 5.25 Å². The SMILES string of the molecule is CCCC(CC(=O)O)NC(=O)C1CCCCS1(=O)=O. The summed E-state index contributed by atoms with van der Waals surface area (Å²) < 4.78 is 23.6. The number of aliphatic carboxylic acids is 1. The molecule has 1 aliphatic heterocycles. The van der Waals surface area contributed by atoms with Gasteiger partial charge in [0.2, 0.25) is 5.91 Å². The fourth-order valence-corrected chi connectivity index (χ4v) is 4.14. The van der Waals surface area contributed by atoms with Crippen LogP contribution in [0.3, 0.4) is 0 Å². The van der Waals surface area contributed by atoms with Gasteiger partial charge in [-0.25, -0.2) is 8.42 Å². The summed E-state index contributed by atoms with van der Waals surface area (Å²) in [4.78, 5) is 22.7. The van der Waals surface area contributed by atoms with Crippen LogP contribution in [0.25, 0.3) is 0 Å². The maximum Gasteiger partial charge on any atom is 0.305 e. The number of carbonyl (C=O) groups excluding carboxylic acids is 1. The van der Waals surface area contributed by atoms with Gasteiger partial charge in [-0.2, -0.15) is 0 Å². The van der Waals surface area contributed by atoms with Crippen LogP contribution < -0.4 is 5.32 Å². The second-order valence-electron chi connectivity index (χ2n) is 4.94. The van der Waals surface area contributed by atoms with Crippen molar-refractivity contribution < 1.29 is 23.1 Å². The average Bonchev–Trinajstić information content (AvgIpc) is 2.27. The fourth-order valence-electron chi connectivity index (χ4n) is 2.33. The van der Waals surface area contributed by atoms with Crippen molar-refractivity contribution in [1.29, 1.82) is 0 Å². The van der Waals surface area contributed by atoms with Crippen molar-refractivity contribution >= 4 is 21.7 Å². The Hall–Kier alpha value is -1.11. The predicted octanol–water partition coefficient (Wildman–Crippen LogP) is 0.713. The van der Waals surface area contributed by atoms with E-state index in [1.165, 1.54) is 0 Å². The van der Waals surface area contributed by atoms with Crippen molar-refractivity contribution in [3.63, 3.8) is 0 Å². The van der Waals surface area contributed by atoms with Crippen LogP contribution in [-0.4, -0.2) is 42.4 Å². The molecule has 1 amide bonds. The van der Waals surface area contributed by atoms with Gasteiger partial charge in [-0.3, -0.25) is 9.59 Å². The third kappa shape index (κ3) is 4.81. The van der Waals surface area contributed by atoms with E-state index in [2.05, 4.69) is 5.32 Å². The normalized spacial score (nSPS) is 23.5. The largest absolute Gasteiger partial charge is 0.481 e. The average molecular weight is 291 g/mol. The molecule has 2 N–H and O–H groups in total. The van der Waals surface area contributed by atoms with Gasteiger partial charge < -0.3 is 10.4 Å². The molecule has 0 radical (unpaired) electrons. The minimum Gasteiger partial charge on any atom is -0.481 e. The van der Waals surface area contributed by atoms with Gasteiger partial charge in [-0.05, 0) is 19.3 Å². The maximum atomic E-state index is 12.0. The molecule has 0 aromatic heterocycles. The summed E-state index contributed by atoms with van der Waals surface area (Å²) in [6.07, 6.45) is 2.74. The zero-order valence-electron chi connectivity index (χ0n) is 11.1. The van der Waals surface area contributed by atoms with E-state index in [0.29, 0.717) is 25.7 Å². The molecule has 1 heterocycles. The van der Waals surface area contributed by atoms with Crippen LogP contribution in [0.5, 0.6) is 0 Å². The predicted molar refractivity (Wildman–Crippen MR) is 70.5 cm³/mol. The van der Waals surface area contributed by atoms with Crippen LogP contribution in [0.2, 0.25) is 0 Å². The summed E-state index contributed by atoms with van der Waals surface area (Å²) in [5.41, 5.74) is 0. The van der Waals surface area contributed by atoms with E-state index in [-0.39, 0.29) is 12.2 Å². The number of amides is 1. The van der Waals surface area contributed by atoms with E-state index in [1.54, 1.807) is 0 Å². The standard InChI is InChI=1S/C12H21NO5S/c1-2-5-9(8-11(14)15)13-12(16)10-6-3-4-7-19(10,17)18/h9-10H,2-8H2,1H3,(H,13,16)(H,14,15). The number of sulfone groups is 1. The summed E-state index contributed by atoms with van der Waals surface area (Å²) in [7, 11) is -3.37. The molecule has 0 aromatic carbocycles. The molecule has 0 bridgehead atoms. The molecule has 1 rings (SSSR count). The first-order chi connectivity index (χ1) is 8.86. The fraction of sp³-hybridized carbons (Fsp3) is 0.833.